The fourth-order valence-electron chi connectivity index (χ4n) is 0.839. The molecule has 0 aliphatic carbocycles. The van der Waals surface area contributed by atoms with E-state index in [1.54, 1.807) is 6.92 Å². The molecule has 0 spiro atoms. The van der Waals surface area contributed by atoms with Crippen LogP contribution in [0.15, 0.2) is 10.3 Å². The molecule has 1 atom stereocenters. The molecule has 1 amide bonds. The summed E-state index contributed by atoms with van der Waals surface area (Å²) in [6.07, 6.45) is 0.249. The molecule has 0 aromatic carbocycles. The first-order valence-electron chi connectivity index (χ1n) is 3.91. The summed E-state index contributed by atoms with van der Waals surface area (Å²) in [4.78, 5) is 31.1. The maximum Gasteiger partial charge on any atom is 0.286 e. The predicted molar refractivity (Wildman–Crippen MR) is 44.3 cm³/mol. The van der Waals surface area contributed by atoms with Gasteiger partial charge in [0.15, 0.2) is 5.78 Å². The summed E-state index contributed by atoms with van der Waals surface area (Å²) in [6, 6.07) is -0.796. The van der Waals surface area contributed by atoms with Gasteiger partial charge in [0.1, 0.15) is 6.04 Å². The van der Waals surface area contributed by atoms with Gasteiger partial charge in [0.2, 0.25) is 0 Å². The van der Waals surface area contributed by atoms with E-state index in [0.29, 0.717) is 0 Å². The molecule has 72 valence electrons. The minimum absolute atomic E-state index is 0.0980. The van der Waals surface area contributed by atoms with Crippen LogP contribution < -0.4 is 0 Å². The Kier molecular flexibility index (Phi) is 5.42. The number of hydrogen-bond donors (Lipinski definition) is 1. The van der Waals surface area contributed by atoms with E-state index in [-0.39, 0.29) is 25.0 Å². The van der Waals surface area contributed by atoms with Crippen LogP contribution in [0.5, 0.6) is 0 Å². The van der Waals surface area contributed by atoms with Crippen LogP contribution in [0.2, 0.25) is 0 Å². The van der Waals surface area contributed by atoms with Gasteiger partial charge in [0.25, 0.3) is 5.91 Å². The summed E-state index contributed by atoms with van der Waals surface area (Å²) in [6.45, 7) is 1.65. The van der Waals surface area contributed by atoms with Crippen molar-refractivity contribution >= 4 is 11.7 Å². The quantitative estimate of drug-likeness (QED) is 0.500. The van der Waals surface area contributed by atoms with Gasteiger partial charge in [-0.2, -0.15) is 5.11 Å². The molecule has 0 saturated carbocycles. The van der Waals surface area contributed by atoms with Crippen LogP contribution in [0, 0.1) is 10.4 Å². The average Bonchev–Trinajstić information content (AvgIpc) is 2.17. The summed E-state index contributed by atoms with van der Waals surface area (Å²) in [5.41, 5.74) is 6.68. The molecule has 0 saturated heterocycles. The first-order valence-corrected chi connectivity index (χ1v) is 3.91. The van der Waals surface area contributed by atoms with E-state index in [1.165, 1.54) is 0 Å². The second-order valence-electron chi connectivity index (χ2n) is 2.49. The van der Waals surface area contributed by atoms with Crippen molar-refractivity contribution in [2.45, 2.75) is 32.2 Å². The van der Waals surface area contributed by atoms with Gasteiger partial charge >= 0.3 is 0 Å². The highest BCUT2D eigenvalue weighted by atomic mass is 16.3. The molecular weight excluding hydrogens is 174 g/mol. The van der Waals surface area contributed by atoms with Crippen LogP contribution in [-0.4, -0.2) is 17.7 Å². The molecule has 0 aliphatic rings. The number of amides is 1. The maximum absolute atomic E-state index is 11.0. The summed E-state index contributed by atoms with van der Waals surface area (Å²) >= 11 is 0. The smallest absolute Gasteiger partial charge is 0.286 e. The normalized spacial score (nSPS) is 11.8. The van der Waals surface area contributed by atoms with Gasteiger partial charge in [-0.3, -0.25) is 9.59 Å². The summed E-state index contributed by atoms with van der Waals surface area (Å²) in [5, 5.41) is 5.25. The van der Waals surface area contributed by atoms with Crippen LogP contribution in [0.1, 0.15) is 26.2 Å². The Morgan fingerprint density at radius 3 is 2.46 bits per heavy atom. The van der Waals surface area contributed by atoms with Crippen molar-refractivity contribution in [3.63, 3.8) is 0 Å². The average molecular weight is 185 g/mol. The lowest BCUT2D eigenvalue weighted by Gasteiger charge is -2.04. The van der Waals surface area contributed by atoms with Crippen molar-refractivity contribution in [2.75, 3.05) is 0 Å². The third-order valence-corrected chi connectivity index (χ3v) is 1.61. The Morgan fingerprint density at radius 1 is 1.46 bits per heavy atom. The van der Waals surface area contributed by atoms with E-state index in [2.05, 4.69) is 10.3 Å². The lowest BCUT2D eigenvalue weighted by Crippen LogP contribution is -2.17. The van der Waals surface area contributed by atoms with Gasteiger partial charge in [0.05, 0.1) is 0 Å². The largest absolute Gasteiger partial charge is 0.297 e. The Labute approximate surface area is 75.2 Å². The molecule has 13 heavy (non-hydrogen) atoms. The van der Waals surface area contributed by atoms with Gasteiger partial charge < -0.3 is 0 Å². The van der Waals surface area contributed by atoms with Crippen LogP contribution in [-0.2, 0) is 9.59 Å². The summed E-state index contributed by atoms with van der Waals surface area (Å²) in [5.74, 6) is -1.01. The molecule has 0 rings (SSSR count). The van der Waals surface area contributed by atoms with Crippen LogP contribution >= 0.6 is 0 Å². The van der Waals surface area contributed by atoms with Crippen molar-refractivity contribution in [3.8, 4) is 0 Å². The number of hydrogen-bond acceptors (Lipinski definition) is 5. The number of carbonyl (C=O) groups is 2. The highest BCUT2D eigenvalue weighted by molar-refractivity contribution is 5.84. The van der Waals surface area contributed by atoms with Gasteiger partial charge in [-0.1, -0.05) is 6.92 Å². The highest BCUT2D eigenvalue weighted by Crippen LogP contribution is 2.06. The number of ketones is 1. The second-order valence-corrected chi connectivity index (χ2v) is 2.49. The van der Waals surface area contributed by atoms with E-state index in [4.69, 9.17) is 5.53 Å². The first-order chi connectivity index (χ1) is 6.15. The minimum Gasteiger partial charge on any atom is -0.297 e. The maximum atomic E-state index is 11.0. The zero-order chi connectivity index (χ0) is 10.3. The molecule has 6 nitrogen and oxygen atoms in total. The standard InChI is InChI=1S/C7H11N3O3/c1-2-6(11)5(9-8)3-4-7(12)10-13/h5,8H,2-4H2,1H3. The highest BCUT2D eigenvalue weighted by Gasteiger charge is 2.16. The number of nitrogens with one attached hydrogen (secondary N) is 1. The van der Waals surface area contributed by atoms with Crippen LogP contribution in [0.25, 0.3) is 0 Å². The fourth-order valence-corrected chi connectivity index (χ4v) is 0.839. The molecule has 6 heteroatoms. The molecule has 0 aliphatic heterocycles. The number of nitroso groups, excluding NO2 is 1. The third-order valence-electron chi connectivity index (χ3n) is 1.61. The minimum atomic E-state index is -0.808. The van der Waals surface area contributed by atoms with Gasteiger partial charge in [-0.25, -0.2) is 5.53 Å². The number of rotatable bonds is 6. The Morgan fingerprint density at radius 2 is 2.08 bits per heavy atom. The Hall–Kier alpha value is -1.46. The lowest BCUT2D eigenvalue weighted by atomic mass is 10.1. The molecular formula is C7H11N3O3. The van der Waals surface area contributed by atoms with E-state index >= 15 is 0 Å². The van der Waals surface area contributed by atoms with Gasteiger partial charge in [-0.05, 0) is 6.42 Å². The lowest BCUT2D eigenvalue weighted by molar-refractivity contribution is -0.120. The van der Waals surface area contributed by atoms with E-state index in [9.17, 15) is 14.5 Å². The summed E-state index contributed by atoms with van der Waals surface area (Å²) < 4.78 is 0. The number of nitrogens with zero attached hydrogens (tertiary/aromatic N) is 2. The second kappa shape index (κ2) is 6.10. The zero-order valence-corrected chi connectivity index (χ0v) is 7.32. The Balaban J connectivity index is 3.99. The van der Waals surface area contributed by atoms with Crippen LogP contribution in [0.3, 0.4) is 0 Å². The zero-order valence-electron chi connectivity index (χ0n) is 7.32. The van der Waals surface area contributed by atoms with Crippen molar-refractivity contribution < 1.29 is 9.59 Å². The first kappa shape index (κ1) is 11.5. The van der Waals surface area contributed by atoms with Crippen LogP contribution in [0.4, 0.5) is 0 Å². The molecule has 0 fully saturated rings. The van der Waals surface area contributed by atoms with E-state index in [1.807, 2.05) is 0 Å². The monoisotopic (exact) mass is 185 g/mol. The van der Waals surface area contributed by atoms with E-state index < -0.39 is 11.9 Å². The molecule has 0 aromatic rings. The number of Topliss-reactive ketones (excluding diaryl/α,β-unsaturated/α-hetero) is 1. The SMILES string of the molecule is CCC(=O)C(CCC(=O)N=O)N=N. The molecule has 1 unspecified atom stereocenters. The van der Waals surface area contributed by atoms with Gasteiger partial charge in [0, 0.05) is 18.0 Å². The molecule has 0 aromatic heterocycles. The van der Waals surface area contributed by atoms with Crippen molar-refractivity contribution in [1.29, 1.82) is 5.53 Å². The molecule has 0 radical (unpaired) electrons. The third kappa shape index (κ3) is 4.19. The molecule has 1 N–H and O–H groups in total. The van der Waals surface area contributed by atoms with Gasteiger partial charge in [-0.15, -0.1) is 4.91 Å². The summed E-state index contributed by atoms with van der Waals surface area (Å²) in [7, 11) is 0. The molecule has 0 bridgehead atoms. The van der Waals surface area contributed by atoms with Crippen molar-refractivity contribution in [2.24, 2.45) is 10.3 Å². The number of carbonyl (C=O) groups excluding carboxylic acids is 2. The fraction of sp³-hybridized carbons (Fsp3) is 0.714. The van der Waals surface area contributed by atoms with Crippen molar-refractivity contribution in [1.82, 2.24) is 0 Å². The Bertz CT molecular complexity index is 227. The molecule has 0 heterocycles. The predicted octanol–water partition coefficient (Wildman–Crippen LogP) is 1.44. The van der Waals surface area contributed by atoms with Crippen molar-refractivity contribution in [3.05, 3.63) is 4.91 Å². The topological polar surface area (TPSA) is 99.8 Å². The van der Waals surface area contributed by atoms with E-state index in [0.717, 1.165) is 0 Å².